The van der Waals surface area contributed by atoms with Crippen molar-refractivity contribution in [1.82, 2.24) is 0 Å². The van der Waals surface area contributed by atoms with Crippen LogP contribution in [0.4, 0.5) is 4.79 Å². The van der Waals surface area contributed by atoms with Crippen molar-refractivity contribution >= 4 is 6.16 Å². The second-order valence-corrected chi connectivity index (χ2v) is 4.19. The predicted molar refractivity (Wildman–Crippen MR) is 78.1 cm³/mol. The first-order valence-corrected chi connectivity index (χ1v) is 6.43. The second-order valence-electron chi connectivity index (χ2n) is 4.19. The lowest BCUT2D eigenvalue weighted by Gasteiger charge is -2.06. The molecule has 3 nitrogen and oxygen atoms in total. The van der Waals surface area contributed by atoms with Crippen LogP contribution in [0.3, 0.4) is 0 Å². The molecule has 2 rings (SSSR count). The van der Waals surface area contributed by atoms with Gasteiger partial charge in [0.15, 0.2) is 0 Å². The highest BCUT2D eigenvalue weighted by Crippen LogP contribution is 2.16. The number of benzene rings is 2. The Morgan fingerprint density at radius 1 is 1.00 bits per heavy atom. The molecule has 0 fully saturated rings. The molecular formula is C17H16O3. The van der Waals surface area contributed by atoms with E-state index in [1.165, 1.54) is 0 Å². The summed E-state index contributed by atoms with van der Waals surface area (Å²) in [5.74, 6) is 0.940. The van der Waals surface area contributed by atoms with Gasteiger partial charge in [-0.1, -0.05) is 42.5 Å². The highest BCUT2D eigenvalue weighted by molar-refractivity contribution is 5.67. The first kappa shape index (κ1) is 13.9. The molecule has 3 heteroatoms. The van der Waals surface area contributed by atoms with E-state index in [1.807, 2.05) is 43.3 Å². The van der Waals surface area contributed by atoms with Gasteiger partial charge in [-0.3, -0.25) is 0 Å². The molecule has 2 aromatic carbocycles. The van der Waals surface area contributed by atoms with E-state index in [9.17, 15) is 4.79 Å². The number of carbonyl (C=O) groups excluding carboxylic acids is 1. The highest BCUT2D eigenvalue weighted by atomic mass is 16.7. The molecule has 0 N–H and O–H groups in total. The van der Waals surface area contributed by atoms with Gasteiger partial charge in [-0.2, -0.15) is 0 Å². The number of hydrogen-bond donors (Lipinski definition) is 0. The minimum absolute atomic E-state index is 0.461. The molecule has 0 aliphatic rings. The van der Waals surface area contributed by atoms with Crippen LogP contribution in [-0.4, -0.2) is 6.16 Å². The molecule has 0 bridgehead atoms. The zero-order chi connectivity index (χ0) is 14.2. The Kier molecular flexibility index (Phi) is 4.95. The van der Waals surface area contributed by atoms with E-state index in [-0.39, 0.29) is 0 Å². The van der Waals surface area contributed by atoms with Crippen molar-refractivity contribution in [2.45, 2.75) is 13.3 Å². The van der Waals surface area contributed by atoms with Gasteiger partial charge in [0, 0.05) is 0 Å². The summed E-state index contributed by atoms with van der Waals surface area (Å²) in [5.41, 5.74) is 1.08. The Balaban J connectivity index is 1.97. The molecule has 0 saturated heterocycles. The number of ether oxygens (including phenoxy) is 2. The van der Waals surface area contributed by atoms with Crippen molar-refractivity contribution in [3.63, 3.8) is 0 Å². The average molecular weight is 268 g/mol. The summed E-state index contributed by atoms with van der Waals surface area (Å²) in [6, 6.07) is 16.2. The van der Waals surface area contributed by atoms with Crippen LogP contribution in [-0.2, 0) is 6.42 Å². The van der Waals surface area contributed by atoms with Gasteiger partial charge in [0.25, 0.3) is 0 Å². The Bertz CT molecular complexity index is 588. The van der Waals surface area contributed by atoms with Gasteiger partial charge in [-0.25, -0.2) is 4.79 Å². The summed E-state index contributed by atoms with van der Waals surface area (Å²) >= 11 is 0. The van der Waals surface area contributed by atoms with Crippen LogP contribution >= 0.6 is 0 Å². The van der Waals surface area contributed by atoms with Crippen molar-refractivity contribution in [3.8, 4) is 11.5 Å². The Morgan fingerprint density at radius 2 is 1.70 bits per heavy atom. The van der Waals surface area contributed by atoms with Crippen molar-refractivity contribution in [2.75, 3.05) is 0 Å². The summed E-state index contributed by atoms with van der Waals surface area (Å²) in [7, 11) is 0. The molecule has 0 spiro atoms. The van der Waals surface area contributed by atoms with Crippen LogP contribution in [0.1, 0.15) is 12.5 Å². The Morgan fingerprint density at radius 3 is 2.45 bits per heavy atom. The van der Waals surface area contributed by atoms with E-state index < -0.39 is 6.16 Å². The fourth-order valence-electron chi connectivity index (χ4n) is 1.69. The fraction of sp³-hybridized carbons (Fsp3) is 0.118. The second kappa shape index (κ2) is 7.14. The Labute approximate surface area is 118 Å². The monoisotopic (exact) mass is 268 g/mol. The van der Waals surface area contributed by atoms with E-state index in [4.69, 9.17) is 9.47 Å². The number of carbonyl (C=O) groups is 1. The zero-order valence-electron chi connectivity index (χ0n) is 11.3. The number of para-hydroxylation sites is 1. The summed E-state index contributed by atoms with van der Waals surface area (Å²) in [6.07, 6.45) is 4.10. The third kappa shape index (κ3) is 4.28. The van der Waals surface area contributed by atoms with Gasteiger partial charge < -0.3 is 9.47 Å². The van der Waals surface area contributed by atoms with Gasteiger partial charge in [0.2, 0.25) is 0 Å². The minimum Gasteiger partial charge on any atom is -0.395 e. The maximum atomic E-state index is 11.6. The third-order valence-corrected chi connectivity index (χ3v) is 2.63. The fourth-order valence-corrected chi connectivity index (χ4v) is 1.69. The molecule has 0 aliphatic carbocycles. The van der Waals surface area contributed by atoms with Crippen LogP contribution in [0.5, 0.6) is 11.5 Å². The largest absolute Gasteiger partial charge is 0.519 e. The molecule has 0 atom stereocenters. The van der Waals surface area contributed by atoms with E-state index in [0.717, 1.165) is 12.0 Å². The number of hydrogen-bond acceptors (Lipinski definition) is 3. The third-order valence-electron chi connectivity index (χ3n) is 2.63. The van der Waals surface area contributed by atoms with E-state index in [2.05, 4.69) is 0 Å². The van der Waals surface area contributed by atoms with Gasteiger partial charge in [0.05, 0.1) is 0 Å². The normalized spacial score (nSPS) is 10.4. The van der Waals surface area contributed by atoms with E-state index in [0.29, 0.717) is 11.5 Å². The molecule has 0 amide bonds. The zero-order valence-corrected chi connectivity index (χ0v) is 11.3. The molecule has 2 aromatic rings. The van der Waals surface area contributed by atoms with Crippen LogP contribution < -0.4 is 9.47 Å². The molecule has 0 saturated carbocycles. The quantitative estimate of drug-likeness (QED) is 0.469. The van der Waals surface area contributed by atoms with Gasteiger partial charge in [-0.05, 0) is 43.2 Å². The lowest BCUT2D eigenvalue weighted by molar-refractivity contribution is 0.152. The van der Waals surface area contributed by atoms with Gasteiger partial charge in [-0.15, -0.1) is 0 Å². The number of rotatable bonds is 4. The van der Waals surface area contributed by atoms with Crippen molar-refractivity contribution in [3.05, 3.63) is 72.3 Å². The molecular weight excluding hydrogens is 252 g/mol. The van der Waals surface area contributed by atoms with Crippen LogP contribution in [0.25, 0.3) is 0 Å². The standard InChI is InChI=1S/C17H16O3/c1-2-3-8-14-9-7-12-16(13-14)20-17(18)19-15-10-5-4-6-11-15/h2-7,9-13H,8H2,1H3/b3-2-. The van der Waals surface area contributed by atoms with Crippen LogP contribution in [0, 0.1) is 0 Å². The molecule has 0 radical (unpaired) electrons. The summed E-state index contributed by atoms with van der Waals surface area (Å²) in [6.45, 7) is 1.97. The molecule has 0 aliphatic heterocycles. The average Bonchev–Trinajstić information content (AvgIpc) is 2.46. The maximum Gasteiger partial charge on any atom is 0.519 e. The first-order chi connectivity index (χ1) is 9.78. The molecule has 0 aromatic heterocycles. The maximum absolute atomic E-state index is 11.6. The Hall–Kier alpha value is -2.55. The lowest BCUT2D eigenvalue weighted by Crippen LogP contribution is -2.13. The van der Waals surface area contributed by atoms with E-state index >= 15 is 0 Å². The molecule has 0 heterocycles. The highest BCUT2D eigenvalue weighted by Gasteiger charge is 2.07. The SMILES string of the molecule is C/C=C\Cc1cccc(OC(=O)Oc2ccccc2)c1. The molecule has 102 valence electrons. The summed E-state index contributed by atoms with van der Waals surface area (Å²) < 4.78 is 10.2. The van der Waals surface area contributed by atoms with Crippen LogP contribution in [0.15, 0.2) is 66.7 Å². The number of allylic oxidation sites excluding steroid dienone is 2. The van der Waals surface area contributed by atoms with Crippen molar-refractivity contribution in [1.29, 1.82) is 0 Å². The van der Waals surface area contributed by atoms with Gasteiger partial charge in [0.1, 0.15) is 11.5 Å². The minimum atomic E-state index is -0.737. The molecule has 0 unspecified atom stereocenters. The summed E-state index contributed by atoms with van der Waals surface area (Å²) in [4.78, 5) is 11.6. The predicted octanol–water partition coefficient (Wildman–Crippen LogP) is 4.38. The smallest absolute Gasteiger partial charge is 0.395 e. The summed E-state index contributed by atoms with van der Waals surface area (Å²) in [5, 5.41) is 0. The van der Waals surface area contributed by atoms with Crippen molar-refractivity contribution < 1.29 is 14.3 Å². The topological polar surface area (TPSA) is 35.5 Å². The molecule has 20 heavy (non-hydrogen) atoms. The van der Waals surface area contributed by atoms with Crippen molar-refractivity contribution in [2.24, 2.45) is 0 Å². The van der Waals surface area contributed by atoms with E-state index in [1.54, 1.807) is 30.3 Å². The first-order valence-electron chi connectivity index (χ1n) is 6.43. The lowest BCUT2D eigenvalue weighted by atomic mass is 10.1. The van der Waals surface area contributed by atoms with Crippen LogP contribution in [0.2, 0.25) is 0 Å². The van der Waals surface area contributed by atoms with Gasteiger partial charge >= 0.3 is 6.16 Å².